The number of ether oxygens (including phenoxy) is 1. The SMILES string of the molecule is CCO/N=C1\C(=C\c2ccc(-n3cnc(C)c3)c(OC)c2)C(C)(C)NC(=O)N1[C@H](C)c1ccc(F)cc1. The number of halogens is 1. The van der Waals surface area contributed by atoms with E-state index < -0.39 is 11.6 Å². The first-order valence-corrected chi connectivity index (χ1v) is 12.1. The van der Waals surface area contributed by atoms with E-state index in [1.165, 1.54) is 12.1 Å². The lowest BCUT2D eigenvalue weighted by Crippen LogP contribution is -2.61. The van der Waals surface area contributed by atoms with E-state index in [2.05, 4.69) is 15.5 Å². The van der Waals surface area contributed by atoms with Crippen molar-refractivity contribution in [1.29, 1.82) is 0 Å². The van der Waals surface area contributed by atoms with Crippen LogP contribution in [0.2, 0.25) is 0 Å². The van der Waals surface area contributed by atoms with Gasteiger partial charge in [0.2, 0.25) is 0 Å². The Kier molecular flexibility index (Phi) is 7.33. The number of amides is 2. The van der Waals surface area contributed by atoms with Crippen LogP contribution >= 0.6 is 0 Å². The number of hydrogen-bond acceptors (Lipinski definition) is 5. The first-order chi connectivity index (χ1) is 17.6. The monoisotopic (exact) mass is 505 g/mol. The molecule has 194 valence electrons. The van der Waals surface area contributed by atoms with Gasteiger partial charge in [-0.3, -0.25) is 4.90 Å². The van der Waals surface area contributed by atoms with E-state index >= 15 is 0 Å². The second kappa shape index (κ2) is 10.5. The molecule has 2 aromatic carbocycles. The van der Waals surface area contributed by atoms with E-state index in [1.807, 2.05) is 69.7 Å². The molecule has 2 amide bonds. The Morgan fingerprint density at radius 1 is 1.22 bits per heavy atom. The van der Waals surface area contributed by atoms with Gasteiger partial charge in [0.25, 0.3) is 0 Å². The van der Waals surface area contributed by atoms with Gasteiger partial charge >= 0.3 is 6.03 Å². The van der Waals surface area contributed by atoms with Crippen LogP contribution in [0.25, 0.3) is 11.8 Å². The number of imidazole rings is 1. The average Bonchev–Trinajstić information content (AvgIpc) is 3.30. The number of urea groups is 1. The van der Waals surface area contributed by atoms with Gasteiger partial charge < -0.3 is 19.5 Å². The Morgan fingerprint density at radius 2 is 1.95 bits per heavy atom. The minimum atomic E-state index is -0.751. The predicted octanol–water partition coefficient (Wildman–Crippen LogP) is 5.63. The van der Waals surface area contributed by atoms with Crippen molar-refractivity contribution in [2.75, 3.05) is 13.7 Å². The fourth-order valence-corrected chi connectivity index (χ4v) is 4.33. The van der Waals surface area contributed by atoms with Crippen molar-refractivity contribution < 1.29 is 18.8 Å². The van der Waals surface area contributed by atoms with Gasteiger partial charge in [0.1, 0.15) is 18.2 Å². The Hall–Kier alpha value is -4.14. The zero-order valence-electron chi connectivity index (χ0n) is 21.9. The minimum absolute atomic E-state index is 0.319. The maximum atomic E-state index is 13.6. The number of nitrogens with zero attached hydrogens (tertiary/aromatic N) is 4. The van der Waals surface area contributed by atoms with Gasteiger partial charge in [0, 0.05) is 11.8 Å². The molecule has 0 aliphatic carbocycles. The Balaban J connectivity index is 1.80. The van der Waals surface area contributed by atoms with Crippen LogP contribution in [-0.4, -0.2) is 45.6 Å². The van der Waals surface area contributed by atoms with Gasteiger partial charge in [-0.2, -0.15) is 0 Å². The van der Waals surface area contributed by atoms with Crippen molar-refractivity contribution in [2.24, 2.45) is 5.16 Å². The number of methoxy groups -OCH3 is 1. The smallest absolute Gasteiger partial charge is 0.324 e. The second-order valence-corrected chi connectivity index (χ2v) is 9.40. The van der Waals surface area contributed by atoms with E-state index in [-0.39, 0.29) is 11.8 Å². The molecule has 1 aliphatic heterocycles. The van der Waals surface area contributed by atoms with Crippen LogP contribution in [0, 0.1) is 12.7 Å². The summed E-state index contributed by atoms with van der Waals surface area (Å²) in [7, 11) is 1.62. The van der Waals surface area contributed by atoms with Crippen LogP contribution in [0.5, 0.6) is 5.75 Å². The third-order valence-corrected chi connectivity index (χ3v) is 6.31. The molecule has 1 aliphatic rings. The summed E-state index contributed by atoms with van der Waals surface area (Å²) < 4.78 is 21.1. The maximum absolute atomic E-state index is 13.6. The molecule has 0 saturated carbocycles. The molecule has 2 heterocycles. The lowest BCUT2D eigenvalue weighted by molar-refractivity contribution is 0.147. The van der Waals surface area contributed by atoms with Gasteiger partial charge in [-0.1, -0.05) is 23.4 Å². The van der Waals surface area contributed by atoms with Crippen molar-refractivity contribution in [3.8, 4) is 11.4 Å². The van der Waals surface area contributed by atoms with E-state index in [9.17, 15) is 9.18 Å². The number of hydrogen-bond donors (Lipinski definition) is 1. The number of carbonyl (C=O) groups excluding carboxylic acids is 1. The number of carbonyl (C=O) groups is 1. The van der Waals surface area contributed by atoms with E-state index in [0.29, 0.717) is 18.2 Å². The summed E-state index contributed by atoms with van der Waals surface area (Å²) in [5.74, 6) is 0.720. The molecule has 0 bridgehead atoms. The van der Waals surface area contributed by atoms with Gasteiger partial charge in [-0.25, -0.2) is 14.2 Å². The zero-order chi connectivity index (χ0) is 26.7. The summed E-state index contributed by atoms with van der Waals surface area (Å²) in [4.78, 5) is 24.6. The second-order valence-electron chi connectivity index (χ2n) is 9.40. The van der Waals surface area contributed by atoms with Crippen molar-refractivity contribution in [2.45, 2.75) is 46.2 Å². The molecule has 3 aromatic rings. The number of rotatable bonds is 7. The molecule has 1 aromatic heterocycles. The number of aromatic nitrogens is 2. The van der Waals surface area contributed by atoms with Gasteiger partial charge in [-0.15, -0.1) is 0 Å². The van der Waals surface area contributed by atoms with Crippen molar-refractivity contribution >= 4 is 17.9 Å². The highest BCUT2D eigenvalue weighted by Crippen LogP contribution is 2.34. The molecule has 9 heteroatoms. The van der Waals surface area contributed by atoms with E-state index in [4.69, 9.17) is 9.57 Å². The average molecular weight is 506 g/mol. The highest BCUT2D eigenvalue weighted by atomic mass is 19.1. The fourth-order valence-electron chi connectivity index (χ4n) is 4.33. The highest BCUT2D eigenvalue weighted by molar-refractivity contribution is 6.14. The molecule has 1 N–H and O–H groups in total. The summed E-state index contributed by atoms with van der Waals surface area (Å²) in [6, 6.07) is 11.2. The van der Waals surface area contributed by atoms with E-state index in [1.54, 1.807) is 30.5 Å². The van der Waals surface area contributed by atoms with Crippen LogP contribution in [0.4, 0.5) is 9.18 Å². The predicted molar refractivity (Wildman–Crippen MR) is 141 cm³/mol. The van der Waals surface area contributed by atoms with Crippen molar-refractivity contribution in [3.63, 3.8) is 0 Å². The highest BCUT2D eigenvalue weighted by Gasteiger charge is 2.43. The number of oxime groups is 1. The Labute approximate surface area is 216 Å². The lowest BCUT2D eigenvalue weighted by Gasteiger charge is -2.43. The quantitative estimate of drug-likeness (QED) is 0.422. The maximum Gasteiger partial charge on any atom is 0.324 e. The normalized spacial score (nSPS) is 18.1. The molecule has 0 spiro atoms. The fraction of sp³-hybridized carbons (Fsp3) is 0.321. The van der Waals surface area contributed by atoms with Crippen LogP contribution in [0.3, 0.4) is 0 Å². The van der Waals surface area contributed by atoms with Crippen LogP contribution in [0.1, 0.15) is 50.6 Å². The standard InChI is InChI=1S/C28H32FN5O3/c1-7-37-32-26-23(14-20-8-13-24(25(15-20)36-6)33-16-18(2)30-17-33)28(4,5)31-27(35)34(26)19(3)21-9-11-22(29)12-10-21/h8-17,19H,7H2,1-6H3,(H,31,35)/b23-14-,32-26+/t19-/m1/s1. The molecule has 1 fully saturated rings. The number of nitrogens with one attached hydrogen (secondary N) is 1. The molecule has 1 atom stereocenters. The lowest BCUT2D eigenvalue weighted by atomic mass is 9.87. The third kappa shape index (κ3) is 5.35. The van der Waals surface area contributed by atoms with Crippen molar-refractivity contribution in [3.05, 3.63) is 83.2 Å². The van der Waals surface area contributed by atoms with Gasteiger partial charge in [0.05, 0.1) is 36.4 Å². The molecule has 1 saturated heterocycles. The molecule has 37 heavy (non-hydrogen) atoms. The molecule has 0 unspecified atom stereocenters. The summed E-state index contributed by atoms with van der Waals surface area (Å²) in [5.41, 5.74) is 3.38. The topological polar surface area (TPSA) is 81.0 Å². The number of benzene rings is 2. The molecule has 4 rings (SSSR count). The zero-order valence-corrected chi connectivity index (χ0v) is 21.9. The number of amidine groups is 1. The summed E-state index contributed by atoms with van der Waals surface area (Å²) in [6.45, 7) is 9.80. The Morgan fingerprint density at radius 3 is 2.57 bits per heavy atom. The summed E-state index contributed by atoms with van der Waals surface area (Å²) in [5, 5.41) is 7.45. The Bertz CT molecular complexity index is 1340. The summed E-state index contributed by atoms with van der Waals surface area (Å²) >= 11 is 0. The van der Waals surface area contributed by atoms with Crippen LogP contribution < -0.4 is 10.1 Å². The van der Waals surface area contributed by atoms with Gasteiger partial charge in [-0.05, 0) is 76.1 Å². The minimum Gasteiger partial charge on any atom is -0.495 e. The van der Waals surface area contributed by atoms with E-state index in [0.717, 1.165) is 28.1 Å². The van der Waals surface area contributed by atoms with Crippen LogP contribution in [0.15, 0.2) is 65.7 Å². The molecule has 0 radical (unpaired) electrons. The molecule has 8 nitrogen and oxygen atoms in total. The largest absolute Gasteiger partial charge is 0.495 e. The third-order valence-electron chi connectivity index (χ3n) is 6.31. The molecular weight excluding hydrogens is 473 g/mol. The van der Waals surface area contributed by atoms with Crippen molar-refractivity contribution in [1.82, 2.24) is 19.8 Å². The van der Waals surface area contributed by atoms with Gasteiger partial charge in [0.15, 0.2) is 5.84 Å². The number of aryl methyl sites for hydroxylation is 1. The first-order valence-electron chi connectivity index (χ1n) is 12.1. The van der Waals surface area contributed by atoms with Crippen LogP contribution in [-0.2, 0) is 4.84 Å². The first kappa shape index (κ1) is 25.9. The molecular formula is C28H32FN5O3. The summed E-state index contributed by atoms with van der Waals surface area (Å²) in [6.07, 6.45) is 5.64.